The van der Waals surface area contributed by atoms with Crippen molar-refractivity contribution in [2.24, 2.45) is 0 Å². The molecule has 32 heavy (non-hydrogen) atoms. The number of pyridine rings is 3. The van der Waals surface area contributed by atoms with Gasteiger partial charge in [-0.05, 0) is 35.7 Å². The molecule has 5 nitrogen and oxygen atoms in total. The van der Waals surface area contributed by atoms with E-state index in [1.807, 2.05) is 72.8 Å². The third-order valence-electron chi connectivity index (χ3n) is 5.59. The van der Waals surface area contributed by atoms with Crippen LogP contribution in [-0.4, -0.2) is 19.6 Å². The fourth-order valence-electron chi connectivity index (χ4n) is 4.01. The summed E-state index contributed by atoms with van der Waals surface area (Å²) in [5.41, 5.74) is 4.40. The monoisotopic (exact) mass is 419 g/mol. The van der Waals surface area contributed by atoms with Crippen LogP contribution in [0.5, 0.6) is 5.75 Å². The molecule has 0 aliphatic carbocycles. The summed E-state index contributed by atoms with van der Waals surface area (Å²) in [4.78, 5) is 22.4. The van der Waals surface area contributed by atoms with Crippen molar-refractivity contribution in [2.45, 2.75) is 13.0 Å². The largest absolute Gasteiger partial charge is 0.506 e. The highest BCUT2D eigenvalue weighted by atomic mass is 16.3. The lowest BCUT2D eigenvalue weighted by Crippen LogP contribution is -2.24. The summed E-state index contributed by atoms with van der Waals surface area (Å²) in [5, 5.41) is 11.3. The second-order valence-electron chi connectivity index (χ2n) is 7.61. The Kier molecular flexibility index (Phi) is 5.22. The number of aromatic nitrogens is 3. The third kappa shape index (κ3) is 3.65. The summed E-state index contributed by atoms with van der Waals surface area (Å²) in [5.74, 6) is 0.0401. The lowest BCUT2D eigenvalue weighted by atomic mass is 10.0. The van der Waals surface area contributed by atoms with Gasteiger partial charge >= 0.3 is 0 Å². The molecule has 0 spiro atoms. The lowest BCUT2D eigenvalue weighted by molar-refractivity contribution is 0.479. The average Bonchev–Trinajstić information content (AvgIpc) is 2.85. The second-order valence-corrected chi connectivity index (χ2v) is 7.61. The van der Waals surface area contributed by atoms with E-state index < -0.39 is 0 Å². The molecule has 0 saturated carbocycles. The molecule has 1 N–H and O–H groups in total. The highest BCUT2D eigenvalue weighted by molar-refractivity contribution is 5.97. The van der Waals surface area contributed by atoms with Crippen molar-refractivity contribution in [3.05, 3.63) is 113 Å². The highest BCUT2D eigenvalue weighted by Gasteiger charge is 2.18. The summed E-state index contributed by atoms with van der Waals surface area (Å²) in [7, 11) is 0. The summed E-state index contributed by atoms with van der Waals surface area (Å²) < 4.78 is 1.74. The molecule has 0 aliphatic heterocycles. The van der Waals surface area contributed by atoms with Crippen molar-refractivity contribution in [3.63, 3.8) is 0 Å². The van der Waals surface area contributed by atoms with E-state index in [9.17, 15) is 9.90 Å². The number of benzene rings is 2. The molecule has 0 aliphatic rings. The first-order chi connectivity index (χ1) is 15.7. The van der Waals surface area contributed by atoms with Gasteiger partial charge in [-0.1, -0.05) is 60.7 Å². The molecular weight excluding hydrogens is 398 g/mol. The molecule has 0 fully saturated rings. The minimum atomic E-state index is -0.114. The average molecular weight is 419 g/mol. The normalized spacial score (nSPS) is 11.0. The Morgan fingerprint density at radius 3 is 2.28 bits per heavy atom. The van der Waals surface area contributed by atoms with Gasteiger partial charge in [-0.2, -0.15) is 0 Å². The smallest absolute Gasteiger partial charge is 0.258 e. The molecule has 0 bridgehead atoms. The van der Waals surface area contributed by atoms with Gasteiger partial charge in [0.15, 0.2) is 0 Å². The maximum Gasteiger partial charge on any atom is 0.258 e. The van der Waals surface area contributed by atoms with Gasteiger partial charge in [-0.3, -0.25) is 14.8 Å². The molecule has 5 aromatic rings. The number of aryl methyl sites for hydroxylation is 2. The van der Waals surface area contributed by atoms with Gasteiger partial charge in [0, 0.05) is 35.5 Å². The van der Waals surface area contributed by atoms with Crippen molar-refractivity contribution >= 4 is 10.9 Å². The highest BCUT2D eigenvalue weighted by Crippen LogP contribution is 2.33. The van der Waals surface area contributed by atoms with Crippen LogP contribution < -0.4 is 5.56 Å². The zero-order valence-corrected chi connectivity index (χ0v) is 17.3. The fraction of sp³-hybridized carbons (Fsp3) is 0.0741. The number of rotatable bonds is 5. The van der Waals surface area contributed by atoms with Crippen LogP contribution in [0, 0.1) is 0 Å². The lowest BCUT2D eigenvalue weighted by Gasteiger charge is -2.17. The van der Waals surface area contributed by atoms with Gasteiger partial charge in [0.2, 0.25) is 0 Å². The molecule has 3 aromatic heterocycles. The van der Waals surface area contributed by atoms with Gasteiger partial charge in [-0.15, -0.1) is 0 Å². The predicted molar refractivity (Wildman–Crippen MR) is 126 cm³/mol. The predicted octanol–water partition coefficient (Wildman–Crippen LogP) is 5.07. The minimum Gasteiger partial charge on any atom is -0.506 e. The molecular formula is C27H21N3O2. The van der Waals surface area contributed by atoms with Gasteiger partial charge < -0.3 is 9.67 Å². The van der Waals surface area contributed by atoms with Crippen LogP contribution >= 0.6 is 0 Å². The topological polar surface area (TPSA) is 68.0 Å². The van der Waals surface area contributed by atoms with Crippen LogP contribution in [0.1, 0.15) is 5.56 Å². The second kappa shape index (κ2) is 8.47. The van der Waals surface area contributed by atoms with E-state index in [-0.39, 0.29) is 11.3 Å². The van der Waals surface area contributed by atoms with Crippen molar-refractivity contribution in [3.8, 4) is 28.1 Å². The third-order valence-corrected chi connectivity index (χ3v) is 5.59. The molecule has 0 radical (unpaired) electrons. The Balaban J connectivity index is 1.79. The van der Waals surface area contributed by atoms with Crippen LogP contribution in [-0.2, 0) is 13.0 Å². The van der Waals surface area contributed by atoms with Crippen LogP contribution in [0.2, 0.25) is 0 Å². The zero-order valence-electron chi connectivity index (χ0n) is 17.3. The van der Waals surface area contributed by atoms with Gasteiger partial charge in [0.1, 0.15) is 5.75 Å². The van der Waals surface area contributed by atoms with Gasteiger partial charge in [-0.25, -0.2) is 0 Å². The molecule has 2 aromatic carbocycles. The molecule has 5 heteroatoms. The standard InChI is InChI=1S/C27H21N3O2/c31-24-18-29-25(21-12-7-14-28-17-21)26-23(24)16-22(20-10-5-2-6-11-20)27(32)30(26)15-13-19-8-3-1-4-9-19/h1-12,14,16-18,31H,13,15H2. The Morgan fingerprint density at radius 2 is 1.56 bits per heavy atom. The first-order valence-corrected chi connectivity index (χ1v) is 10.5. The first kappa shape index (κ1) is 19.7. The molecule has 0 amide bonds. The SMILES string of the molecule is O=c1c(-c2ccccc2)cc2c(O)cnc(-c3cccnc3)c2n1CCc1ccccc1. The van der Waals surface area contributed by atoms with Crippen molar-refractivity contribution in [2.75, 3.05) is 0 Å². The molecule has 5 rings (SSSR count). The maximum atomic E-state index is 13.7. The van der Waals surface area contributed by atoms with Crippen molar-refractivity contribution in [1.29, 1.82) is 0 Å². The van der Waals surface area contributed by atoms with Crippen LogP contribution in [0.15, 0.2) is 102 Å². The zero-order chi connectivity index (χ0) is 21.9. The van der Waals surface area contributed by atoms with Crippen molar-refractivity contribution in [1.82, 2.24) is 14.5 Å². The number of hydrogen-bond donors (Lipinski definition) is 1. The molecule has 3 heterocycles. The maximum absolute atomic E-state index is 13.7. The van der Waals surface area contributed by atoms with Crippen LogP contribution in [0.25, 0.3) is 33.3 Å². The summed E-state index contributed by atoms with van der Waals surface area (Å²) >= 11 is 0. The molecule has 0 atom stereocenters. The Morgan fingerprint density at radius 1 is 0.844 bits per heavy atom. The number of fused-ring (bicyclic) bond motifs is 1. The number of nitrogens with zero attached hydrogens (tertiary/aromatic N) is 3. The number of hydrogen-bond acceptors (Lipinski definition) is 4. The minimum absolute atomic E-state index is 0.0401. The molecule has 156 valence electrons. The van der Waals surface area contributed by atoms with Crippen molar-refractivity contribution < 1.29 is 5.11 Å². The van der Waals surface area contributed by atoms with Gasteiger partial charge in [0.25, 0.3) is 5.56 Å². The van der Waals surface area contributed by atoms with Crippen LogP contribution in [0.4, 0.5) is 0 Å². The number of aromatic hydroxyl groups is 1. The summed E-state index contributed by atoms with van der Waals surface area (Å²) in [6, 6.07) is 25.1. The van der Waals surface area contributed by atoms with E-state index in [0.717, 1.165) is 16.7 Å². The van der Waals surface area contributed by atoms with E-state index in [2.05, 4.69) is 9.97 Å². The fourth-order valence-corrected chi connectivity index (χ4v) is 4.01. The summed E-state index contributed by atoms with van der Waals surface area (Å²) in [6.07, 6.45) is 5.53. The molecule has 0 saturated heterocycles. The van der Waals surface area contributed by atoms with E-state index in [4.69, 9.17) is 0 Å². The Bertz CT molecular complexity index is 1430. The van der Waals surface area contributed by atoms with E-state index in [0.29, 0.717) is 35.1 Å². The van der Waals surface area contributed by atoms with Crippen LogP contribution in [0.3, 0.4) is 0 Å². The quantitative estimate of drug-likeness (QED) is 0.432. The molecule has 0 unspecified atom stereocenters. The Hall–Kier alpha value is -4.25. The van der Waals surface area contributed by atoms with E-state index >= 15 is 0 Å². The summed E-state index contributed by atoms with van der Waals surface area (Å²) in [6.45, 7) is 0.457. The van der Waals surface area contributed by atoms with E-state index in [1.54, 1.807) is 23.0 Å². The van der Waals surface area contributed by atoms with E-state index in [1.165, 1.54) is 6.20 Å². The Labute approximate surface area is 185 Å². The first-order valence-electron chi connectivity index (χ1n) is 10.5. The van der Waals surface area contributed by atoms with Gasteiger partial charge in [0.05, 0.1) is 17.4 Å².